The van der Waals surface area contributed by atoms with Crippen LogP contribution < -0.4 is 0 Å². The fraction of sp³-hybridized carbons (Fsp3) is 1.00. The molecule has 2 nitrogen and oxygen atoms in total. The molecule has 0 rings (SSSR count). The Kier molecular flexibility index (Phi) is 3.95. The van der Waals surface area contributed by atoms with E-state index < -0.39 is 16.6 Å². The molecule has 0 aromatic rings. The minimum atomic E-state index is -2.21. The van der Waals surface area contributed by atoms with Crippen LogP contribution in [0.4, 0.5) is 0 Å². The highest BCUT2D eigenvalue weighted by Crippen LogP contribution is 2.29. The lowest BCUT2D eigenvalue weighted by Crippen LogP contribution is -2.58. The van der Waals surface area contributed by atoms with Crippen LogP contribution >= 0.6 is 0 Å². The minimum absolute atomic E-state index is 0.280. The molecule has 1 N–H and O–H groups in total. The lowest BCUT2D eigenvalue weighted by atomic mass is 10.3. The van der Waals surface area contributed by atoms with Crippen molar-refractivity contribution >= 4 is 16.6 Å². The van der Waals surface area contributed by atoms with Gasteiger partial charge in [-0.15, -0.1) is 0 Å². The summed E-state index contributed by atoms with van der Waals surface area (Å²) in [5.41, 5.74) is 0. The standard InChI is InChI=1S/C9H24O2Si2/c1-8-9(2,13(6,7)10)11-12(3,4)5/h10H,8H2,1-7H3. The van der Waals surface area contributed by atoms with E-state index in [4.69, 9.17) is 4.43 Å². The highest BCUT2D eigenvalue weighted by atomic mass is 28.4. The maximum atomic E-state index is 10.1. The summed E-state index contributed by atoms with van der Waals surface area (Å²) < 4.78 is 6.09. The summed E-state index contributed by atoms with van der Waals surface area (Å²) in [5, 5.41) is -0.280. The number of hydrogen-bond donors (Lipinski definition) is 1. The topological polar surface area (TPSA) is 29.5 Å². The lowest BCUT2D eigenvalue weighted by Gasteiger charge is -2.42. The SMILES string of the molecule is CCC(C)(O[Si](C)(C)C)[Si](C)(C)O. The van der Waals surface area contributed by atoms with Crippen molar-refractivity contribution in [2.45, 2.75) is 58.2 Å². The average Bonchev–Trinajstić information content (AvgIpc) is 1.81. The van der Waals surface area contributed by atoms with Gasteiger partial charge in [0.15, 0.2) is 8.32 Å². The largest absolute Gasteiger partial charge is 0.429 e. The normalized spacial score (nSPS) is 18.5. The molecule has 0 heterocycles. The van der Waals surface area contributed by atoms with E-state index in [1.54, 1.807) is 0 Å². The summed E-state index contributed by atoms with van der Waals surface area (Å²) in [6.45, 7) is 14.6. The first kappa shape index (κ1) is 13.4. The first-order chi connectivity index (χ1) is 5.52. The third-order valence-corrected chi connectivity index (χ3v) is 6.81. The molecule has 0 aromatic carbocycles. The van der Waals surface area contributed by atoms with Gasteiger partial charge >= 0.3 is 0 Å². The zero-order valence-corrected chi connectivity index (χ0v) is 12.1. The highest BCUT2D eigenvalue weighted by molar-refractivity contribution is 6.76. The second-order valence-corrected chi connectivity index (χ2v) is 14.0. The molecule has 0 radical (unpaired) electrons. The summed E-state index contributed by atoms with van der Waals surface area (Å²) in [5.74, 6) is 0. The van der Waals surface area contributed by atoms with Crippen LogP contribution in [0.1, 0.15) is 20.3 Å². The maximum absolute atomic E-state index is 10.1. The van der Waals surface area contributed by atoms with Crippen LogP contribution in [0.25, 0.3) is 0 Å². The smallest absolute Gasteiger partial charge is 0.212 e. The molecule has 0 bridgehead atoms. The molecular weight excluding hydrogens is 196 g/mol. The van der Waals surface area contributed by atoms with Crippen LogP contribution in [0.15, 0.2) is 0 Å². The van der Waals surface area contributed by atoms with E-state index in [-0.39, 0.29) is 5.22 Å². The van der Waals surface area contributed by atoms with E-state index >= 15 is 0 Å². The Morgan fingerprint density at radius 2 is 1.54 bits per heavy atom. The molecule has 80 valence electrons. The Balaban J connectivity index is 4.67. The van der Waals surface area contributed by atoms with Crippen molar-refractivity contribution in [3.05, 3.63) is 0 Å². The van der Waals surface area contributed by atoms with Crippen molar-refractivity contribution in [1.82, 2.24) is 0 Å². The first-order valence-electron chi connectivity index (χ1n) is 4.94. The van der Waals surface area contributed by atoms with Gasteiger partial charge < -0.3 is 9.22 Å². The van der Waals surface area contributed by atoms with Gasteiger partial charge in [0.1, 0.15) is 0 Å². The third kappa shape index (κ3) is 3.93. The molecule has 0 aliphatic rings. The molecule has 0 amide bonds. The Hall–Kier alpha value is 0.354. The molecule has 1 atom stereocenters. The van der Waals surface area contributed by atoms with Crippen molar-refractivity contribution in [2.75, 3.05) is 0 Å². The van der Waals surface area contributed by atoms with Crippen LogP contribution in [0.5, 0.6) is 0 Å². The highest BCUT2D eigenvalue weighted by Gasteiger charge is 2.44. The van der Waals surface area contributed by atoms with Gasteiger partial charge in [-0.25, -0.2) is 0 Å². The minimum Gasteiger partial charge on any atom is -0.429 e. The predicted octanol–water partition coefficient (Wildman–Crippen LogP) is 2.74. The van der Waals surface area contributed by atoms with Gasteiger partial charge in [0.25, 0.3) is 0 Å². The quantitative estimate of drug-likeness (QED) is 0.738. The van der Waals surface area contributed by atoms with E-state index in [9.17, 15) is 4.80 Å². The van der Waals surface area contributed by atoms with Gasteiger partial charge in [0, 0.05) is 0 Å². The van der Waals surface area contributed by atoms with E-state index in [1.807, 2.05) is 13.1 Å². The Morgan fingerprint density at radius 3 is 1.62 bits per heavy atom. The second-order valence-electron chi connectivity index (χ2n) is 5.36. The monoisotopic (exact) mass is 220 g/mol. The van der Waals surface area contributed by atoms with Gasteiger partial charge in [-0.05, 0) is 46.1 Å². The molecule has 0 fully saturated rings. The summed E-state index contributed by atoms with van der Waals surface area (Å²) >= 11 is 0. The molecule has 0 aliphatic carbocycles. The van der Waals surface area contributed by atoms with E-state index in [1.165, 1.54) is 0 Å². The summed E-state index contributed by atoms with van der Waals surface area (Å²) in [7, 11) is -3.76. The molecule has 0 aromatic heterocycles. The van der Waals surface area contributed by atoms with Gasteiger partial charge in [-0.3, -0.25) is 0 Å². The second kappa shape index (κ2) is 3.84. The van der Waals surface area contributed by atoms with E-state index in [2.05, 4.69) is 33.5 Å². The van der Waals surface area contributed by atoms with Crippen molar-refractivity contribution < 1.29 is 9.22 Å². The van der Waals surface area contributed by atoms with Crippen molar-refractivity contribution in [1.29, 1.82) is 0 Å². The molecule has 0 saturated carbocycles. The van der Waals surface area contributed by atoms with Crippen molar-refractivity contribution in [3.8, 4) is 0 Å². The summed E-state index contributed by atoms with van der Waals surface area (Å²) in [6, 6.07) is 0. The van der Waals surface area contributed by atoms with E-state index in [0.717, 1.165) is 6.42 Å². The zero-order valence-electron chi connectivity index (χ0n) is 10.1. The Bertz CT molecular complexity index is 169. The van der Waals surface area contributed by atoms with Gasteiger partial charge in [-0.1, -0.05) is 6.92 Å². The fourth-order valence-corrected chi connectivity index (χ4v) is 5.58. The predicted molar refractivity (Wildman–Crippen MR) is 62.8 cm³/mol. The molecule has 4 heteroatoms. The van der Waals surface area contributed by atoms with Crippen molar-refractivity contribution in [2.24, 2.45) is 0 Å². The lowest BCUT2D eigenvalue weighted by molar-refractivity contribution is 0.132. The van der Waals surface area contributed by atoms with Crippen LogP contribution in [-0.4, -0.2) is 26.7 Å². The zero-order chi connectivity index (χ0) is 10.9. The van der Waals surface area contributed by atoms with Crippen LogP contribution in [0.2, 0.25) is 32.7 Å². The number of hydrogen-bond acceptors (Lipinski definition) is 2. The Morgan fingerprint density at radius 1 is 1.15 bits per heavy atom. The summed E-state index contributed by atoms with van der Waals surface area (Å²) in [4.78, 5) is 10.1. The van der Waals surface area contributed by atoms with Crippen molar-refractivity contribution in [3.63, 3.8) is 0 Å². The summed E-state index contributed by atoms with van der Waals surface area (Å²) in [6.07, 6.45) is 0.896. The molecular formula is C9H24O2Si2. The molecule has 0 aliphatic heterocycles. The van der Waals surface area contributed by atoms with Crippen LogP contribution in [0.3, 0.4) is 0 Å². The van der Waals surface area contributed by atoms with Gasteiger partial charge in [0.2, 0.25) is 8.32 Å². The van der Waals surface area contributed by atoms with Crippen LogP contribution in [-0.2, 0) is 4.43 Å². The third-order valence-electron chi connectivity index (χ3n) is 2.50. The average molecular weight is 220 g/mol. The molecule has 1 unspecified atom stereocenters. The molecule has 13 heavy (non-hydrogen) atoms. The first-order valence-corrected chi connectivity index (χ1v) is 11.3. The molecule has 0 spiro atoms. The molecule has 0 saturated heterocycles. The number of rotatable bonds is 4. The maximum Gasteiger partial charge on any atom is 0.212 e. The van der Waals surface area contributed by atoms with Crippen LogP contribution in [0, 0.1) is 0 Å². The fourth-order valence-electron chi connectivity index (χ4n) is 1.31. The van der Waals surface area contributed by atoms with Gasteiger partial charge in [-0.2, -0.15) is 0 Å². The van der Waals surface area contributed by atoms with E-state index in [0.29, 0.717) is 0 Å². The van der Waals surface area contributed by atoms with Gasteiger partial charge in [0.05, 0.1) is 5.22 Å². The Labute approximate surface area is 84.6 Å².